The molecular formula is C14H16O2. The van der Waals surface area contributed by atoms with Gasteiger partial charge >= 0.3 is 0 Å². The maximum atomic E-state index is 11.8. The van der Waals surface area contributed by atoms with Crippen molar-refractivity contribution >= 4 is 11.6 Å². The van der Waals surface area contributed by atoms with Crippen molar-refractivity contribution in [1.82, 2.24) is 0 Å². The Morgan fingerprint density at radius 1 is 1.25 bits per heavy atom. The molecule has 0 spiro atoms. The van der Waals surface area contributed by atoms with Crippen LogP contribution in [0.5, 0.6) is 0 Å². The number of Topliss-reactive ketones (excluding diaryl/α,β-unsaturated/α-hetero) is 2. The Kier molecular flexibility index (Phi) is 3.50. The van der Waals surface area contributed by atoms with Crippen molar-refractivity contribution in [3.63, 3.8) is 0 Å². The van der Waals surface area contributed by atoms with Gasteiger partial charge in [0.25, 0.3) is 0 Å². The van der Waals surface area contributed by atoms with E-state index < -0.39 is 0 Å². The fourth-order valence-electron chi connectivity index (χ4n) is 2.24. The van der Waals surface area contributed by atoms with Crippen molar-refractivity contribution in [1.29, 1.82) is 0 Å². The van der Waals surface area contributed by atoms with E-state index in [-0.39, 0.29) is 5.78 Å². The predicted octanol–water partition coefficient (Wildman–Crippen LogP) is 3.02. The second-order valence-corrected chi connectivity index (χ2v) is 4.48. The lowest BCUT2D eigenvalue weighted by Crippen LogP contribution is -2.03. The molecule has 1 aromatic carbocycles. The van der Waals surface area contributed by atoms with E-state index in [9.17, 15) is 9.59 Å². The first-order valence-corrected chi connectivity index (χ1v) is 5.85. The van der Waals surface area contributed by atoms with Crippen LogP contribution in [0.4, 0.5) is 0 Å². The lowest BCUT2D eigenvalue weighted by molar-refractivity contribution is -0.117. The van der Waals surface area contributed by atoms with E-state index in [1.54, 1.807) is 0 Å². The zero-order valence-electron chi connectivity index (χ0n) is 9.32. The van der Waals surface area contributed by atoms with Gasteiger partial charge in [-0.25, -0.2) is 0 Å². The third-order valence-electron chi connectivity index (χ3n) is 3.22. The largest absolute Gasteiger partial charge is 0.300 e. The van der Waals surface area contributed by atoms with Crippen LogP contribution in [-0.4, -0.2) is 11.6 Å². The average Bonchev–Trinajstić information content (AvgIpc) is 2.73. The number of carbonyl (C=O) groups excluding carboxylic acids is 2. The minimum Gasteiger partial charge on any atom is -0.300 e. The molecule has 1 aromatic rings. The van der Waals surface area contributed by atoms with Crippen LogP contribution < -0.4 is 0 Å². The van der Waals surface area contributed by atoms with Crippen LogP contribution in [0, 0.1) is 5.92 Å². The molecular weight excluding hydrogens is 200 g/mol. The maximum Gasteiger partial charge on any atom is 0.162 e. The van der Waals surface area contributed by atoms with Crippen LogP contribution in [-0.2, 0) is 4.79 Å². The summed E-state index contributed by atoms with van der Waals surface area (Å²) in [6.45, 7) is 0. The predicted molar refractivity (Wildman–Crippen MR) is 62.4 cm³/mol. The van der Waals surface area contributed by atoms with Gasteiger partial charge in [0.05, 0.1) is 0 Å². The highest BCUT2D eigenvalue weighted by molar-refractivity contribution is 5.96. The zero-order valence-corrected chi connectivity index (χ0v) is 9.32. The summed E-state index contributed by atoms with van der Waals surface area (Å²) in [5.74, 6) is 0.997. The molecule has 1 saturated carbocycles. The third-order valence-corrected chi connectivity index (χ3v) is 3.22. The van der Waals surface area contributed by atoms with E-state index in [1.165, 1.54) is 0 Å². The quantitative estimate of drug-likeness (QED) is 0.725. The van der Waals surface area contributed by atoms with E-state index in [4.69, 9.17) is 0 Å². The summed E-state index contributed by atoms with van der Waals surface area (Å²) in [5.41, 5.74) is 0.784. The second-order valence-electron chi connectivity index (χ2n) is 4.48. The van der Waals surface area contributed by atoms with Crippen molar-refractivity contribution in [3.05, 3.63) is 35.9 Å². The number of hydrogen-bond donors (Lipinski definition) is 0. The molecule has 16 heavy (non-hydrogen) atoms. The average molecular weight is 216 g/mol. The molecule has 1 aliphatic carbocycles. The Labute approximate surface area is 95.7 Å². The molecule has 1 fully saturated rings. The van der Waals surface area contributed by atoms with Gasteiger partial charge in [-0.15, -0.1) is 0 Å². The van der Waals surface area contributed by atoms with Crippen molar-refractivity contribution in [2.24, 2.45) is 5.92 Å². The first kappa shape index (κ1) is 11.1. The fraction of sp³-hybridized carbons (Fsp3) is 0.429. The molecule has 84 valence electrons. The van der Waals surface area contributed by atoms with Gasteiger partial charge < -0.3 is 0 Å². The molecule has 0 bridgehead atoms. The van der Waals surface area contributed by atoms with Crippen molar-refractivity contribution < 1.29 is 9.59 Å². The highest BCUT2D eigenvalue weighted by Gasteiger charge is 2.22. The summed E-state index contributed by atoms with van der Waals surface area (Å²) in [7, 11) is 0. The van der Waals surface area contributed by atoms with Crippen LogP contribution in [0.1, 0.15) is 42.5 Å². The topological polar surface area (TPSA) is 34.1 Å². The van der Waals surface area contributed by atoms with E-state index in [0.29, 0.717) is 31.0 Å². The van der Waals surface area contributed by atoms with E-state index >= 15 is 0 Å². The van der Waals surface area contributed by atoms with Crippen molar-refractivity contribution in [2.75, 3.05) is 0 Å². The summed E-state index contributed by atoms with van der Waals surface area (Å²) in [6.07, 6.45) is 3.80. The van der Waals surface area contributed by atoms with E-state index in [1.807, 2.05) is 30.3 Å². The molecule has 0 aromatic heterocycles. The van der Waals surface area contributed by atoms with Gasteiger partial charge in [0.1, 0.15) is 5.78 Å². The molecule has 0 N–H and O–H groups in total. The summed E-state index contributed by atoms with van der Waals surface area (Å²) in [5, 5.41) is 0. The Bertz CT molecular complexity index is 381. The minimum atomic E-state index is 0.194. The first-order valence-electron chi connectivity index (χ1n) is 5.85. The van der Waals surface area contributed by atoms with Gasteiger partial charge in [0.15, 0.2) is 5.78 Å². The standard InChI is InChI=1S/C14H16O2/c15-13-8-6-11(10-13)7-9-14(16)12-4-2-1-3-5-12/h1-5,11H,6-10H2. The molecule has 0 heterocycles. The van der Waals surface area contributed by atoms with Gasteiger partial charge in [0.2, 0.25) is 0 Å². The Balaban J connectivity index is 1.82. The van der Waals surface area contributed by atoms with E-state index in [2.05, 4.69) is 0 Å². The maximum absolute atomic E-state index is 11.8. The minimum absolute atomic E-state index is 0.194. The Hall–Kier alpha value is -1.44. The number of rotatable bonds is 4. The number of ketones is 2. The normalized spacial score (nSPS) is 20.0. The molecule has 0 saturated heterocycles. The highest BCUT2D eigenvalue weighted by Crippen LogP contribution is 2.26. The lowest BCUT2D eigenvalue weighted by atomic mass is 9.97. The Morgan fingerprint density at radius 3 is 2.62 bits per heavy atom. The molecule has 1 unspecified atom stereocenters. The van der Waals surface area contributed by atoms with Gasteiger partial charge in [0, 0.05) is 24.8 Å². The van der Waals surface area contributed by atoms with Gasteiger partial charge in [-0.1, -0.05) is 30.3 Å². The summed E-state index contributed by atoms with van der Waals surface area (Å²) in [4.78, 5) is 22.9. The molecule has 0 radical (unpaired) electrons. The molecule has 2 rings (SSSR count). The Morgan fingerprint density at radius 2 is 2.00 bits per heavy atom. The molecule has 0 amide bonds. The molecule has 0 aliphatic heterocycles. The summed E-state index contributed by atoms with van der Waals surface area (Å²) in [6, 6.07) is 9.37. The molecule has 1 aliphatic rings. The lowest BCUT2D eigenvalue weighted by Gasteiger charge is -2.06. The zero-order chi connectivity index (χ0) is 11.4. The van der Waals surface area contributed by atoms with Gasteiger partial charge in [-0.05, 0) is 18.8 Å². The highest BCUT2D eigenvalue weighted by atomic mass is 16.1. The van der Waals surface area contributed by atoms with Crippen molar-refractivity contribution in [2.45, 2.75) is 32.1 Å². The number of hydrogen-bond acceptors (Lipinski definition) is 2. The van der Waals surface area contributed by atoms with Gasteiger partial charge in [-0.3, -0.25) is 9.59 Å². The van der Waals surface area contributed by atoms with Crippen LogP contribution in [0.2, 0.25) is 0 Å². The van der Waals surface area contributed by atoms with Crippen LogP contribution >= 0.6 is 0 Å². The number of carbonyl (C=O) groups is 2. The van der Waals surface area contributed by atoms with Crippen LogP contribution in [0.15, 0.2) is 30.3 Å². The smallest absolute Gasteiger partial charge is 0.162 e. The van der Waals surface area contributed by atoms with E-state index in [0.717, 1.165) is 18.4 Å². The third kappa shape index (κ3) is 2.78. The number of benzene rings is 1. The monoisotopic (exact) mass is 216 g/mol. The van der Waals surface area contributed by atoms with Crippen LogP contribution in [0.3, 0.4) is 0 Å². The van der Waals surface area contributed by atoms with Crippen molar-refractivity contribution in [3.8, 4) is 0 Å². The first-order chi connectivity index (χ1) is 7.75. The summed E-state index contributed by atoms with van der Waals surface area (Å²) >= 11 is 0. The molecule has 1 atom stereocenters. The molecule has 2 heteroatoms. The fourth-order valence-corrected chi connectivity index (χ4v) is 2.24. The van der Waals surface area contributed by atoms with Gasteiger partial charge in [-0.2, -0.15) is 0 Å². The van der Waals surface area contributed by atoms with Crippen LogP contribution in [0.25, 0.3) is 0 Å². The summed E-state index contributed by atoms with van der Waals surface area (Å²) < 4.78 is 0. The second kappa shape index (κ2) is 5.06. The molecule has 2 nitrogen and oxygen atoms in total. The SMILES string of the molecule is O=C1CCC(CCC(=O)c2ccccc2)C1.